The highest BCUT2D eigenvalue weighted by Gasteiger charge is 2.32. The zero-order valence-electron chi connectivity index (χ0n) is 28.0. The third-order valence-electron chi connectivity index (χ3n) is 6.59. The van der Waals surface area contributed by atoms with Crippen LogP contribution in [-0.2, 0) is 50.8 Å². The number of rotatable bonds is 20. The van der Waals surface area contributed by atoms with Crippen LogP contribution in [0.25, 0.3) is 0 Å². The summed E-state index contributed by atoms with van der Waals surface area (Å²) in [6.45, 7) is 0. The molecule has 2 atom stereocenters. The zero-order valence-corrected chi connectivity index (χ0v) is 33.2. The Morgan fingerprint density at radius 1 is 0.612 bits per heavy atom. The van der Waals surface area contributed by atoms with Gasteiger partial charge in [-0.3, -0.25) is 18.2 Å². The third kappa shape index (κ3) is 12.8. The number of benzene rings is 3. The number of hydrogen-bond acceptors (Lipinski definition) is 14. The Kier molecular flexibility index (Phi) is 16.2. The van der Waals surface area contributed by atoms with Crippen LogP contribution < -0.4 is 18.7 Å². The Hall–Kier alpha value is -2.86. The van der Waals surface area contributed by atoms with E-state index in [1.807, 2.05) is 36.4 Å². The minimum atomic E-state index is -3.51. The van der Waals surface area contributed by atoms with Crippen LogP contribution in [0.3, 0.4) is 0 Å². The molecule has 20 heteroatoms. The first kappa shape index (κ1) is 40.6. The van der Waals surface area contributed by atoms with Gasteiger partial charge in [-0.25, -0.2) is 0 Å². The minimum Gasteiger partial charge on any atom is -0.497 e. The van der Waals surface area contributed by atoms with Gasteiger partial charge in [0.05, 0.1) is 33.6 Å². The molecule has 264 valence electrons. The molecule has 3 aromatic carbocycles. The maximum absolute atomic E-state index is 12.9. The van der Waals surface area contributed by atoms with Crippen molar-refractivity contribution in [3.05, 3.63) is 83.9 Å². The van der Waals surface area contributed by atoms with Crippen molar-refractivity contribution in [3.63, 3.8) is 0 Å². The molecule has 0 saturated carbocycles. The molecule has 0 aliphatic heterocycles. The molecule has 0 aromatic heterocycles. The molecule has 3 rings (SSSR count). The SMILES string of the molecule is COc1ccc(/C=N\N(C)[P+](=S)Oc2ccc(/C=N\N(C)[P+](=S)Oc3ccc(N(CP(=O)(OC)OC)CP(=O)(OC)OC)cc3)cc2)cc1. The monoisotopic (exact) mass is 789 g/mol. The molecular weight excluding hydrogens is 750 g/mol. The van der Waals surface area contributed by atoms with Gasteiger partial charge in [-0.05, 0) is 83.9 Å². The van der Waals surface area contributed by atoms with Gasteiger partial charge in [0.25, 0.3) is 0 Å². The molecule has 0 saturated heterocycles. The number of ether oxygens (including phenoxy) is 1. The highest BCUT2D eigenvalue weighted by molar-refractivity contribution is 8.02. The van der Waals surface area contributed by atoms with E-state index in [1.165, 1.54) is 28.4 Å². The first-order chi connectivity index (χ1) is 23.4. The van der Waals surface area contributed by atoms with Gasteiger partial charge in [0.1, 0.15) is 18.3 Å². The fourth-order valence-corrected chi connectivity index (χ4v) is 7.87. The molecule has 3 aromatic rings. The molecule has 49 heavy (non-hydrogen) atoms. The maximum atomic E-state index is 12.9. The van der Waals surface area contributed by atoms with Crippen molar-refractivity contribution < 1.29 is 41.0 Å². The molecule has 0 aliphatic carbocycles. The summed E-state index contributed by atoms with van der Waals surface area (Å²) in [6.07, 6.45) is 2.98. The van der Waals surface area contributed by atoms with Crippen molar-refractivity contribution in [1.29, 1.82) is 0 Å². The molecule has 0 heterocycles. The quantitative estimate of drug-likeness (QED) is 0.0631. The third-order valence-corrected chi connectivity index (χ3v) is 13.9. The Bertz CT molecular complexity index is 1660. The molecule has 0 fully saturated rings. The van der Waals surface area contributed by atoms with E-state index >= 15 is 0 Å². The first-order valence-electron chi connectivity index (χ1n) is 14.2. The minimum absolute atomic E-state index is 0.194. The maximum Gasteiger partial charge on any atom is 0.540 e. The standard InChI is InChI=1S/C29H39N5O9P4S2/c1-32(30-20-24-8-14-27(37-3)15-9-24)44(48)42-28-16-10-25(11-17-28)21-31-33(2)45(49)43-29-18-12-26(13-19-29)34(22-46(35,38-4)39-5)23-47(36,40-6)41-7/h8-21H,22-23H2,1-7H3/q+2/b30-20-,31-21-. The van der Waals surface area contributed by atoms with Crippen LogP contribution in [-0.4, -0.2) is 84.2 Å². The van der Waals surface area contributed by atoms with Crippen molar-refractivity contribution in [3.8, 4) is 17.2 Å². The predicted octanol–water partition coefficient (Wildman–Crippen LogP) is 7.63. The number of hydrazone groups is 2. The molecule has 0 amide bonds. The van der Waals surface area contributed by atoms with E-state index in [2.05, 4.69) is 10.2 Å². The lowest BCUT2D eigenvalue weighted by Crippen LogP contribution is -2.27. The molecule has 0 spiro atoms. The lowest BCUT2D eigenvalue weighted by Gasteiger charge is -2.29. The van der Waals surface area contributed by atoms with Crippen LogP contribution in [0.1, 0.15) is 11.1 Å². The summed E-state index contributed by atoms with van der Waals surface area (Å²) >= 11 is 11.1. The number of methoxy groups -OCH3 is 1. The van der Waals surface area contributed by atoms with Gasteiger partial charge in [0, 0.05) is 34.1 Å². The summed E-state index contributed by atoms with van der Waals surface area (Å²) in [5.74, 6) is 1.86. The molecule has 14 nitrogen and oxygen atoms in total. The second kappa shape index (κ2) is 19.5. The number of nitrogens with zero attached hydrogens (tertiary/aromatic N) is 5. The van der Waals surface area contributed by atoms with Crippen LogP contribution >= 0.6 is 29.3 Å². The van der Waals surface area contributed by atoms with E-state index in [1.54, 1.807) is 84.5 Å². The van der Waals surface area contributed by atoms with Gasteiger partial charge in [-0.1, -0.05) is 9.56 Å². The van der Waals surface area contributed by atoms with Gasteiger partial charge in [0.15, 0.2) is 11.5 Å². The van der Waals surface area contributed by atoms with Crippen molar-refractivity contribution in [2.24, 2.45) is 10.2 Å². The van der Waals surface area contributed by atoms with E-state index in [4.69, 9.17) is 55.5 Å². The van der Waals surface area contributed by atoms with E-state index < -0.39 is 29.3 Å². The Labute approximate surface area is 299 Å². The second-order valence-electron chi connectivity index (χ2n) is 9.74. The molecule has 0 aliphatic rings. The van der Waals surface area contributed by atoms with E-state index in [0.717, 1.165) is 16.9 Å². The smallest absolute Gasteiger partial charge is 0.497 e. The van der Waals surface area contributed by atoms with Crippen molar-refractivity contribution >= 4 is 71.1 Å². The van der Waals surface area contributed by atoms with Gasteiger partial charge in [-0.2, -0.15) is 0 Å². The number of hydrogen-bond donors (Lipinski definition) is 0. The van der Waals surface area contributed by atoms with Crippen LogP contribution in [0.2, 0.25) is 0 Å². The largest absolute Gasteiger partial charge is 0.540 e. The van der Waals surface area contributed by atoms with Crippen LogP contribution in [0.5, 0.6) is 17.2 Å². The molecule has 0 bridgehead atoms. The fourth-order valence-electron chi connectivity index (χ4n) is 3.71. The first-order valence-corrected chi connectivity index (χ1v) is 22.1. The topological polar surface area (TPSA) is 133 Å². The zero-order chi connectivity index (χ0) is 36.0. The van der Waals surface area contributed by atoms with E-state index in [0.29, 0.717) is 17.2 Å². The molecule has 0 N–H and O–H groups in total. The van der Waals surface area contributed by atoms with Gasteiger partial charge >= 0.3 is 29.3 Å². The van der Waals surface area contributed by atoms with E-state index in [-0.39, 0.29) is 12.6 Å². The lowest BCUT2D eigenvalue weighted by atomic mass is 10.2. The summed E-state index contributed by atoms with van der Waals surface area (Å²) < 4.78 is 66.3. The lowest BCUT2D eigenvalue weighted by molar-refractivity contribution is 0.270. The fraction of sp³-hybridized carbons (Fsp3) is 0.310. The Morgan fingerprint density at radius 3 is 1.31 bits per heavy atom. The summed E-state index contributed by atoms with van der Waals surface area (Å²) in [5, 5.41) is 8.82. The normalized spacial score (nSPS) is 12.6. The van der Waals surface area contributed by atoms with Crippen LogP contribution in [0.15, 0.2) is 83.0 Å². The highest BCUT2D eigenvalue weighted by Crippen LogP contribution is 2.52. The molecule has 0 radical (unpaired) electrons. The van der Waals surface area contributed by atoms with Gasteiger partial charge < -0.3 is 27.7 Å². The highest BCUT2D eigenvalue weighted by atomic mass is 32.4. The Balaban J connectivity index is 1.57. The van der Waals surface area contributed by atoms with E-state index in [9.17, 15) is 9.13 Å². The Morgan fingerprint density at radius 2 is 0.959 bits per heavy atom. The van der Waals surface area contributed by atoms with Crippen LogP contribution in [0.4, 0.5) is 5.69 Å². The molecule has 2 unspecified atom stereocenters. The second-order valence-corrected chi connectivity index (χ2v) is 18.6. The van der Waals surface area contributed by atoms with Crippen molar-refractivity contribution in [1.82, 2.24) is 9.56 Å². The average Bonchev–Trinajstić information content (AvgIpc) is 3.13. The number of anilines is 1. The van der Waals surface area contributed by atoms with Crippen LogP contribution in [0, 0.1) is 0 Å². The summed E-state index contributed by atoms with van der Waals surface area (Å²) in [4.78, 5) is 1.54. The summed E-state index contributed by atoms with van der Waals surface area (Å²) in [5.41, 5.74) is 2.28. The summed E-state index contributed by atoms with van der Waals surface area (Å²) in [7, 11) is 0.191. The van der Waals surface area contributed by atoms with Gasteiger partial charge in [-0.15, -0.1) is 10.2 Å². The van der Waals surface area contributed by atoms with Crippen molar-refractivity contribution in [2.75, 3.05) is 67.1 Å². The summed E-state index contributed by atoms with van der Waals surface area (Å²) in [6, 6.07) is 21.6. The van der Waals surface area contributed by atoms with Crippen molar-refractivity contribution in [2.45, 2.75) is 0 Å². The molecular formula is C29H39N5O9P4S2+2. The van der Waals surface area contributed by atoms with Gasteiger partial charge in [0.2, 0.25) is 23.6 Å². The average molecular weight is 790 g/mol. The predicted molar refractivity (Wildman–Crippen MR) is 202 cm³/mol.